The number of benzene rings is 2. The Morgan fingerprint density at radius 3 is 2.59 bits per heavy atom. The molecular weight excluding hydrogens is 313 g/mol. The normalized spacial score (nSPS) is 25.5. The van der Waals surface area contributed by atoms with Crippen LogP contribution in [0.4, 0.5) is 5.69 Å². The summed E-state index contributed by atoms with van der Waals surface area (Å²) in [6.07, 6.45) is 5.70. The number of hydrogen-bond acceptors (Lipinski definition) is 1. The number of allylic oxidation sites excluding steroid dienone is 2. The van der Waals surface area contributed by atoms with E-state index in [1.807, 2.05) is 6.07 Å². The van der Waals surface area contributed by atoms with Gasteiger partial charge in [0.25, 0.3) is 0 Å². The quantitative estimate of drug-likeness (QED) is 0.620. The monoisotopic (exact) mass is 329 g/mol. The zero-order valence-electron chi connectivity index (χ0n) is 12.3. The predicted octanol–water partition coefficient (Wildman–Crippen LogP) is 6.13. The van der Waals surface area contributed by atoms with E-state index >= 15 is 0 Å². The minimum Gasteiger partial charge on any atom is -0.376 e. The van der Waals surface area contributed by atoms with Crippen LogP contribution in [0.2, 0.25) is 10.0 Å². The highest BCUT2D eigenvalue weighted by Crippen LogP contribution is 2.52. The standard InChI is InChI=1S/C19H17Cl2N/c1-11-5-7-12(8-6-11)18-14-4-2-3-13(14)15-9-10-16(20)17(21)19(15)22-18/h2-3,5-10,13-14,18,22H,4H2,1H3. The number of fused-ring (bicyclic) bond motifs is 3. The average molecular weight is 330 g/mol. The van der Waals surface area contributed by atoms with E-state index in [2.05, 4.69) is 54.7 Å². The molecule has 1 heterocycles. The van der Waals surface area contributed by atoms with Crippen LogP contribution >= 0.6 is 23.2 Å². The van der Waals surface area contributed by atoms with Crippen LogP contribution in [0.1, 0.15) is 35.1 Å². The van der Waals surface area contributed by atoms with Crippen molar-refractivity contribution >= 4 is 28.9 Å². The third kappa shape index (κ3) is 2.15. The molecule has 2 aromatic rings. The molecule has 2 aromatic carbocycles. The van der Waals surface area contributed by atoms with E-state index in [9.17, 15) is 0 Å². The Bertz CT molecular complexity index is 749. The lowest BCUT2D eigenvalue weighted by Crippen LogP contribution is -2.29. The van der Waals surface area contributed by atoms with Crippen LogP contribution in [-0.4, -0.2) is 0 Å². The van der Waals surface area contributed by atoms with Crippen LogP contribution in [0.5, 0.6) is 0 Å². The Kier molecular flexibility index (Phi) is 3.43. The topological polar surface area (TPSA) is 12.0 Å². The van der Waals surface area contributed by atoms with Gasteiger partial charge in [0.1, 0.15) is 0 Å². The summed E-state index contributed by atoms with van der Waals surface area (Å²) in [4.78, 5) is 0. The molecule has 3 atom stereocenters. The summed E-state index contributed by atoms with van der Waals surface area (Å²) in [7, 11) is 0. The summed E-state index contributed by atoms with van der Waals surface area (Å²) >= 11 is 12.7. The minimum atomic E-state index is 0.268. The number of aryl methyl sites for hydroxylation is 1. The molecule has 22 heavy (non-hydrogen) atoms. The second-order valence-corrected chi connectivity index (χ2v) is 7.00. The van der Waals surface area contributed by atoms with Crippen molar-refractivity contribution in [3.05, 3.63) is 75.3 Å². The first-order valence-electron chi connectivity index (χ1n) is 7.63. The third-order valence-corrected chi connectivity index (χ3v) is 5.67. The molecule has 112 valence electrons. The second kappa shape index (κ2) is 5.33. The smallest absolute Gasteiger partial charge is 0.0826 e. The van der Waals surface area contributed by atoms with Crippen molar-refractivity contribution < 1.29 is 0 Å². The summed E-state index contributed by atoms with van der Waals surface area (Å²) in [5.41, 5.74) is 4.84. The van der Waals surface area contributed by atoms with E-state index in [4.69, 9.17) is 23.2 Å². The summed E-state index contributed by atoms with van der Waals surface area (Å²) < 4.78 is 0. The highest BCUT2D eigenvalue weighted by Gasteiger charge is 2.38. The maximum Gasteiger partial charge on any atom is 0.0826 e. The first-order chi connectivity index (χ1) is 10.6. The maximum atomic E-state index is 6.46. The van der Waals surface area contributed by atoms with Crippen LogP contribution in [-0.2, 0) is 0 Å². The SMILES string of the molecule is Cc1ccc(C2Nc3c(ccc(Cl)c3Cl)C3C=CCC32)cc1. The van der Waals surface area contributed by atoms with Crippen LogP contribution in [0.15, 0.2) is 48.6 Å². The summed E-state index contributed by atoms with van der Waals surface area (Å²) in [5, 5.41) is 4.90. The lowest BCUT2D eigenvalue weighted by Gasteiger charge is -2.38. The molecule has 4 rings (SSSR count). The molecule has 0 fully saturated rings. The highest BCUT2D eigenvalue weighted by molar-refractivity contribution is 6.43. The van der Waals surface area contributed by atoms with Crippen molar-refractivity contribution in [2.45, 2.75) is 25.3 Å². The molecular formula is C19H17Cl2N. The number of hydrogen-bond donors (Lipinski definition) is 1. The van der Waals surface area contributed by atoms with Gasteiger partial charge in [0.05, 0.1) is 21.8 Å². The van der Waals surface area contributed by atoms with E-state index < -0.39 is 0 Å². The van der Waals surface area contributed by atoms with Gasteiger partial charge >= 0.3 is 0 Å². The summed E-state index contributed by atoms with van der Waals surface area (Å²) in [5.74, 6) is 0.949. The van der Waals surface area contributed by atoms with Gasteiger partial charge in [-0.15, -0.1) is 0 Å². The zero-order valence-corrected chi connectivity index (χ0v) is 13.8. The molecule has 2 aliphatic rings. The first-order valence-corrected chi connectivity index (χ1v) is 8.38. The van der Waals surface area contributed by atoms with Crippen LogP contribution in [0, 0.1) is 12.8 Å². The Hall–Kier alpha value is -1.44. The van der Waals surface area contributed by atoms with Crippen molar-refractivity contribution in [2.75, 3.05) is 5.32 Å². The van der Waals surface area contributed by atoms with Crippen molar-refractivity contribution in [2.24, 2.45) is 5.92 Å². The van der Waals surface area contributed by atoms with E-state index in [-0.39, 0.29) is 6.04 Å². The first kappa shape index (κ1) is 14.2. The molecule has 3 heteroatoms. The number of halogens is 2. The lowest BCUT2D eigenvalue weighted by molar-refractivity contribution is 0.425. The van der Waals surface area contributed by atoms with Gasteiger partial charge < -0.3 is 5.32 Å². The van der Waals surface area contributed by atoms with E-state index in [1.54, 1.807) is 0 Å². The molecule has 0 saturated heterocycles. The Labute approximate surface area is 140 Å². The van der Waals surface area contributed by atoms with Gasteiger partial charge in [-0.2, -0.15) is 0 Å². The fourth-order valence-corrected chi connectivity index (χ4v) is 4.09. The van der Waals surface area contributed by atoms with Crippen LogP contribution < -0.4 is 5.32 Å². The molecule has 0 saturated carbocycles. The Morgan fingerprint density at radius 2 is 1.82 bits per heavy atom. The molecule has 1 aliphatic carbocycles. The molecule has 0 spiro atoms. The number of rotatable bonds is 1. The summed E-state index contributed by atoms with van der Waals surface area (Å²) in [6, 6.07) is 13.0. The maximum absolute atomic E-state index is 6.46. The fourth-order valence-electron chi connectivity index (χ4n) is 3.71. The van der Waals surface area contributed by atoms with Gasteiger partial charge in [-0.05, 0) is 36.5 Å². The summed E-state index contributed by atoms with van der Waals surface area (Å²) in [6.45, 7) is 2.12. The van der Waals surface area contributed by atoms with Gasteiger partial charge in [-0.25, -0.2) is 0 Å². The average Bonchev–Trinajstić information content (AvgIpc) is 3.01. The van der Waals surface area contributed by atoms with Crippen molar-refractivity contribution in [1.82, 2.24) is 0 Å². The molecule has 1 nitrogen and oxygen atoms in total. The largest absolute Gasteiger partial charge is 0.376 e. The molecule has 1 aliphatic heterocycles. The van der Waals surface area contributed by atoms with Crippen molar-refractivity contribution in [1.29, 1.82) is 0 Å². The predicted molar refractivity (Wildman–Crippen MR) is 94.0 cm³/mol. The molecule has 0 amide bonds. The third-order valence-electron chi connectivity index (χ3n) is 4.86. The van der Waals surface area contributed by atoms with Gasteiger partial charge in [-0.3, -0.25) is 0 Å². The lowest BCUT2D eigenvalue weighted by atomic mass is 9.77. The minimum absolute atomic E-state index is 0.268. The fraction of sp³-hybridized carbons (Fsp3) is 0.263. The van der Waals surface area contributed by atoms with Gasteiger partial charge in [0, 0.05) is 5.92 Å². The zero-order chi connectivity index (χ0) is 15.3. The van der Waals surface area contributed by atoms with E-state index in [1.165, 1.54) is 16.7 Å². The van der Waals surface area contributed by atoms with Crippen molar-refractivity contribution in [3.8, 4) is 0 Å². The van der Waals surface area contributed by atoms with Crippen LogP contribution in [0.3, 0.4) is 0 Å². The molecule has 0 bridgehead atoms. The van der Waals surface area contributed by atoms with E-state index in [0.29, 0.717) is 21.9 Å². The number of nitrogens with one attached hydrogen (secondary N) is 1. The second-order valence-electron chi connectivity index (χ2n) is 6.21. The highest BCUT2D eigenvalue weighted by atomic mass is 35.5. The molecule has 3 unspecified atom stereocenters. The molecule has 1 N–H and O–H groups in total. The van der Waals surface area contributed by atoms with E-state index in [0.717, 1.165) is 12.1 Å². The molecule has 0 radical (unpaired) electrons. The van der Waals surface area contributed by atoms with Crippen molar-refractivity contribution in [3.63, 3.8) is 0 Å². The van der Waals surface area contributed by atoms with Gasteiger partial charge in [0.2, 0.25) is 0 Å². The molecule has 0 aromatic heterocycles. The van der Waals surface area contributed by atoms with Gasteiger partial charge in [0.15, 0.2) is 0 Å². The van der Waals surface area contributed by atoms with Crippen LogP contribution in [0.25, 0.3) is 0 Å². The number of anilines is 1. The Morgan fingerprint density at radius 1 is 1.05 bits per heavy atom. The van der Waals surface area contributed by atoms with Gasteiger partial charge in [-0.1, -0.05) is 71.2 Å². The Balaban J connectivity index is 1.82.